The van der Waals surface area contributed by atoms with E-state index >= 15 is 0 Å². The largest absolute Gasteiger partial charge is 0.361 e. The van der Waals surface area contributed by atoms with E-state index < -0.39 is 17.5 Å². The lowest BCUT2D eigenvalue weighted by molar-refractivity contribution is 0.243. The second-order valence-electron chi connectivity index (χ2n) is 5.78. The highest BCUT2D eigenvalue weighted by Crippen LogP contribution is 2.32. The highest BCUT2D eigenvalue weighted by atomic mass is 19.1. The molecule has 0 saturated carbocycles. The fraction of sp³-hybridized carbons (Fsp3) is 0.625. The van der Waals surface area contributed by atoms with Crippen LogP contribution in [0.2, 0.25) is 0 Å². The third-order valence-corrected chi connectivity index (χ3v) is 4.72. The van der Waals surface area contributed by atoms with Gasteiger partial charge < -0.3 is 10.2 Å². The number of hydrogen-bond acceptors (Lipinski definition) is 2. The Labute approximate surface area is 124 Å². The lowest BCUT2D eigenvalue weighted by atomic mass is 9.87. The van der Waals surface area contributed by atoms with Gasteiger partial charge in [0.05, 0.1) is 0 Å². The summed E-state index contributed by atoms with van der Waals surface area (Å²) in [6.45, 7) is 7.33. The van der Waals surface area contributed by atoms with Gasteiger partial charge in [-0.25, -0.2) is 13.2 Å². The smallest absolute Gasteiger partial charge is 0.152 e. The van der Waals surface area contributed by atoms with Crippen molar-refractivity contribution in [2.75, 3.05) is 18.0 Å². The molecule has 0 radical (unpaired) electrons. The van der Waals surface area contributed by atoms with E-state index in [1.54, 1.807) is 4.90 Å². The van der Waals surface area contributed by atoms with Gasteiger partial charge in [0.25, 0.3) is 0 Å². The molecule has 1 aliphatic rings. The lowest BCUT2D eigenvalue weighted by Crippen LogP contribution is -2.64. The van der Waals surface area contributed by atoms with Crippen LogP contribution in [-0.4, -0.2) is 24.7 Å². The van der Waals surface area contributed by atoms with E-state index in [9.17, 15) is 13.2 Å². The van der Waals surface area contributed by atoms with Gasteiger partial charge in [-0.15, -0.1) is 0 Å². The molecule has 1 atom stereocenters. The van der Waals surface area contributed by atoms with Crippen LogP contribution in [0, 0.1) is 17.5 Å². The highest BCUT2D eigenvalue weighted by molar-refractivity contribution is 5.51. The molecule has 1 saturated heterocycles. The molecule has 118 valence electrons. The molecule has 2 nitrogen and oxygen atoms in total. The van der Waals surface area contributed by atoms with Crippen molar-refractivity contribution in [3.8, 4) is 0 Å². The molecule has 0 spiro atoms. The number of nitrogens with zero attached hydrogens (tertiary/aromatic N) is 1. The van der Waals surface area contributed by atoms with E-state index in [4.69, 9.17) is 0 Å². The molecular weight excluding hydrogens is 277 g/mol. The molecule has 5 heteroatoms. The Hall–Kier alpha value is -1.23. The van der Waals surface area contributed by atoms with Crippen LogP contribution in [0.1, 0.15) is 40.0 Å². The molecule has 0 aromatic heterocycles. The van der Waals surface area contributed by atoms with Crippen molar-refractivity contribution < 1.29 is 13.2 Å². The van der Waals surface area contributed by atoms with Crippen LogP contribution >= 0.6 is 0 Å². The number of halogens is 3. The molecule has 0 aliphatic carbocycles. The van der Waals surface area contributed by atoms with E-state index in [0.29, 0.717) is 13.1 Å². The highest BCUT2D eigenvalue weighted by Gasteiger charge is 2.38. The minimum absolute atomic E-state index is 0.00527. The Kier molecular flexibility index (Phi) is 4.81. The van der Waals surface area contributed by atoms with Crippen molar-refractivity contribution in [2.45, 2.75) is 51.6 Å². The number of rotatable bonds is 4. The fourth-order valence-electron chi connectivity index (χ4n) is 3.11. The van der Waals surface area contributed by atoms with E-state index in [1.165, 1.54) is 0 Å². The van der Waals surface area contributed by atoms with E-state index in [0.717, 1.165) is 31.4 Å². The summed E-state index contributed by atoms with van der Waals surface area (Å²) < 4.78 is 41.4. The van der Waals surface area contributed by atoms with Gasteiger partial charge in [0, 0.05) is 36.8 Å². The van der Waals surface area contributed by atoms with Crippen molar-refractivity contribution in [3.05, 3.63) is 29.6 Å². The summed E-state index contributed by atoms with van der Waals surface area (Å²) in [7, 11) is 0. The lowest BCUT2D eigenvalue weighted by Gasteiger charge is -2.48. The van der Waals surface area contributed by atoms with Crippen LogP contribution in [0.15, 0.2) is 12.1 Å². The Morgan fingerprint density at radius 3 is 2.19 bits per heavy atom. The predicted octanol–water partition coefficient (Wildman–Crippen LogP) is 3.85. The molecule has 0 bridgehead atoms. The van der Waals surface area contributed by atoms with Crippen LogP contribution in [0.3, 0.4) is 0 Å². The predicted molar refractivity (Wildman–Crippen MR) is 79.1 cm³/mol. The quantitative estimate of drug-likeness (QED) is 0.908. The normalized spacial score (nSPS) is 21.6. The molecule has 1 fully saturated rings. The molecule has 2 rings (SSSR count). The minimum atomic E-state index is -0.880. The summed E-state index contributed by atoms with van der Waals surface area (Å²) in [5, 5.41) is 3.52. The van der Waals surface area contributed by atoms with Crippen molar-refractivity contribution in [1.29, 1.82) is 0 Å². The molecule has 21 heavy (non-hydrogen) atoms. The first-order chi connectivity index (χ1) is 9.96. The summed E-state index contributed by atoms with van der Waals surface area (Å²) in [6.07, 6.45) is 2.52. The molecule has 1 N–H and O–H groups in total. The van der Waals surface area contributed by atoms with E-state index in [1.807, 2.05) is 6.92 Å². The number of nitrogens with one attached hydrogen (secondary N) is 1. The van der Waals surface area contributed by atoms with Gasteiger partial charge in [0.15, 0.2) is 11.6 Å². The van der Waals surface area contributed by atoms with E-state index in [2.05, 4.69) is 19.2 Å². The second kappa shape index (κ2) is 6.26. The fourth-order valence-corrected chi connectivity index (χ4v) is 3.11. The van der Waals surface area contributed by atoms with Crippen molar-refractivity contribution in [1.82, 2.24) is 5.32 Å². The molecule has 1 aliphatic heterocycles. The Balaban J connectivity index is 2.43. The second-order valence-corrected chi connectivity index (χ2v) is 5.78. The summed E-state index contributed by atoms with van der Waals surface area (Å²) in [5.74, 6) is -2.53. The van der Waals surface area contributed by atoms with Gasteiger partial charge in [0.1, 0.15) is 11.5 Å². The van der Waals surface area contributed by atoms with Crippen molar-refractivity contribution in [3.63, 3.8) is 0 Å². The Morgan fingerprint density at radius 1 is 1.14 bits per heavy atom. The van der Waals surface area contributed by atoms with Crippen molar-refractivity contribution >= 4 is 5.69 Å². The zero-order chi connectivity index (χ0) is 15.6. The molecule has 1 aromatic carbocycles. The first-order valence-corrected chi connectivity index (χ1v) is 7.62. The first kappa shape index (κ1) is 16.1. The molecule has 1 aromatic rings. The van der Waals surface area contributed by atoms with Crippen LogP contribution in [0.5, 0.6) is 0 Å². The van der Waals surface area contributed by atoms with Gasteiger partial charge in [-0.2, -0.15) is 0 Å². The maximum absolute atomic E-state index is 14.1. The topological polar surface area (TPSA) is 15.3 Å². The van der Waals surface area contributed by atoms with Crippen LogP contribution < -0.4 is 10.2 Å². The van der Waals surface area contributed by atoms with Gasteiger partial charge in [0.2, 0.25) is 0 Å². The zero-order valence-corrected chi connectivity index (χ0v) is 12.8. The third kappa shape index (κ3) is 3.03. The minimum Gasteiger partial charge on any atom is -0.361 e. The van der Waals surface area contributed by atoms with Gasteiger partial charge >= 0.3 is 0 Å². The van der Waals surface area contributed by atoms with Crippen LogP contribution in [0.4, 0.5) is 18.9 Å². The maximum Gasteiger partial charge on any atom is 0.152 e. The van der Waals surface area contributed by atoms with Gasteiger partial charge in [-0.05, 0) is 19.3 Å². The van der Waals surface area contributed by atoms with Crippen LogP contribution in [-0.2, 0) is 0 Å². The number of piperazine rings is 1. The summed E-state index contributed by atoms with van der Waals surface area (Å²) >= 11 is 0. The van der Waals surface area contributed by atoms with Gasteiger partial charge in [-0.3, -0.25) is 0 Å². The van der Waals surface area contributed by atoms with Crippen LogP contribution in [0.25, 0.3) is 0 Å². The SMILES string of the molecule is CCC1CNC(CC)(CC)CN1c1c(F)cc(F)cc1F. The number of benzene rings is 1. The standard InChI is InChI=1S/C16H23F3N2/c1-4-12-9-20-16(5-2,6-3)10-21(12)15-13(18)7-11(17)8-14(15)19/h7-8,12,20H,4-6,9-10H2,1-3H3. The zero-order valence-electron chi connectivity index (χ0n) is 12.8. The number of anilines is 1. The maximum atomic E-state index is 14.1. The number of hydrogen-bond donors (Lipinski definition) is 1. The molecular formula is C16H23F3N2. The molecule has 1 heterocycles. The average Bonchev–Trinajstić information content (AvgIpc) is 2.46. The Bertz CT molecular complexity index is 477. The summed E-state index contributed by atoms with van der Waals surface area (Å²) in [6, 6.07) is 1.52. The monoisotopic (exact) mass is 300 g/mol. The third-order valence-electron chi connectivity index (χ3n) is 4.72. The first-order valence-electron chi connectivity index (χ1n) is 7.62. The molecule has 0 amide bonds. The van der Waals surface area contributed by atoms with E-state index in [-0.39, 0.29) is 17.3 Å². The molecule has 1 unspecified atom stereocenters. The summed E-state index contributed by atoms with van der Waals surface area (Å²) in [5.41, 5.74) is -0.255. The van der Waals surface area contributed by atoms with Gasteiger partial charge in [-0.1, -0.05) is 20.8 Å². The average molecular weight is 300 g/mol. The Morgan fingerprint density at radius 2 is 1.71 bits per heavy atom. The summed E-state index contributed by atoms with van der Waals surface area (Å²) in [4.78, 5) is 1.77. The van der Waals surface area contributed by atoms with Crippen molar-refractivity contribution in [2.24, 2.45) is 0 Å².